The number of nitrogens with two attached hydrogens (primary N) is 5. The van der Waals surface area contributed by atoms with E-state index in [9.17, 15) is 33.9 Å². The lowest BCUT2D eigenvalue weighted by molar-refractivity contribution is -0.142. The van der Waals surface area contributed by atoms with E-state index < -0.39 is 66.1 Å². The standard InChI is InChI=1S/C18H33N9O7/c1-8(25-15(31)9(19)3-2-6-24-18(22)23)14(30)27-11(7-13(21)29)16(32)26-10(17(33)34)4-5-12(20)28/h8-11H,2-7,19H2,1H3,(H2,20,28)(H2,21,29)(H,25,31)(H,26,32)(H,27,30)(H,33,34)(H4,22,23,24). The van der Waals surface area contributed by atoms with Crippen molar-refractivity contribution in [2.24, 2.45) is 33.7 Å². The van der Waals surface area contributed by atoms with Gasteiger partial charge in [0.25, 0.3) is 0 Å². The van der Waals surface area contributed by atoms with E-state index in [2.05, 4.69) is 20.9 Å². The predicted octanol–water partition coefficient (Wildman–Crippen LogP) is -4.93. The average Bonchev–Trinajstić information content (AvgIpc) is 2.72. The van der Waals surface area contributed by atoms with Gasteiger partial charge >= 0.3 is 5.97 Å². The van der Waals surface area contributed by atoms with E-state index in [1.54, 1.807) is 0 Å². The molecule has 0 aromatic carbocycles. The minimum atomic E-state index is -1.53. The third-order valence-corrected chi connectivity index (χ3v) is 4.39. The van der Waals surface area contributed by atoms with Crippen molar-refractivity contribution in [1.29, 1.82) is 0 Å². The van der Waals surface area contributed by atoms with Gasteiger partial charge in [-0.3, -0.25) is 29.0 Å². The topological polar surface area (TPSA) is 301 Å². The molecule has 0 radical (unpaired) electrons. The Bertz CT molecular complexity index is 799. The molecule has 34 heavy (non-hydrogen) atoms. The number of hydrogen-bond acceptors (Lipinski definition) is 8. The van der Waals surface area contributed by atoms with Crippen LogP contribution >= 0.6 is 0 Å². The molecular weight excluding hydrogens is 454 g/mol. The summed E-state index contributed by atoms with van der Waals surface area (Å²) in [5.74, 6) is -5.81. The molecule has 16 heteroatoms. The van der Waals surface area contributed by atoms with Gasteiger partial charge in [0.05, 0.1) is 12.5 Å². The lowest BCUT2D eigenvalue weighted by Crippen LogP contribution is -2.57. The van der Waals surface area contributed by atoms with E-state index >= 15 is 0 Å². The number of carboxylic acid groups (broad SMARTS) is 1. The molecule has 4 atom stereocenters. The molecule has 0 aromatic heterocycles. The number of guanidine groups is 1. The van der Waals surface area contributed by atoms with Crippen LogP contribution in [0.3, 0.4) is 0 Å². The highest BCUT2D eigenvalue weighted by molar-refractivity contribution is 5.96. The summed E-state index contributed by atoms with van der Waals surface area (Å²) in [6.45, 7) is 1.57. The average molecular weight is 488 g/mol. The number of primary amides is 2. The molecule has 0 rings (SSSR count). The van der Waals surface area contributed by atoms with Crippen molar-refractivity contribution in [2.45, 2.75) is 63.2 Å². The van der Waals surface area contributed by atoms with Crippen molar-refractivity contribution < 1.29 is 33.9 Å². The van der Waals surface area contributed by atoms with Gasteiger partial charge in [0.2, 0.25) is 29.5 Å². The molecule has 0 spiro atoms. The lowest BCUT2D eigenvalue weighted by Gasteiger charge is -2.23. The Kier molecular flexibility index (Phi) is 13.2. The fraction of sp³-hybridized carbons (Fsp3) is 0.611. The summed E-state index contributed by atoms with van der Waals surface area (Å²) in [6, 6.07) is -5.16. The van der Waals surface area contributed by atoms with Gasteiger partial charge in [0.1, 0.15) is 18.1 Å². The number of nitrogens with one attached hydrogen (secondary N) is 3. The Morgan fingerprint density at radius 2 is 1.41 bits per heavy atom. The van der Waals surface area contributed by atoms with Crippen LogP contribution in [0.5, 0.6) is 0 Å². The van der Waals surface area contributed by atoms with Crippen LogP contribution < -0.4 is 44.6 Å². The number of hydrogen-bond donors (Lipinski definition) is 9. The number of carbonyl (C=O) groups is 6. The van der Waals surface area contributed by atoms with Crippen LogP contribution in [0.25, 0.3) is 0 Å². The highest BCUT2D eigenvalue weighted by atomic mass is 16.4. The molecule has 0 bridgehead atoms. The summed E-state index contributed by atoms with van der Waals surface area (Å²) in [7, 11) is 0. The van der Waals surface area contributed by atoms with Gasteiger partial charge < -0.3 is 49.7 Å². The van der Waals surface area contributed by atoms with Crippen LogP contribution in [0.4, 0.5) is 0 Å². The second kappa shape index (κ2) is 15.0. The summed E-state index contributed by atoms with van der Waals surface area (Å²) in [4.78, 5) is 74.4. The second-order valence-corrected chi connectivity index (χ2v) is 7.42. The molecule has 14 N–H and O–H groups in total. The van der Waals surface area contributed by atoms with E-state index in [0.29, 0.717) is 6.42 Å². The van der Waals surface area contributed by atoms with E-state index in [1.165, 1.54) is 6.92 Å². The Morgan fingerprint density at radius 1 is 0.824 bits per heavy atom. The third kappa shape index (κ3) is 12.8. The number of carbonyl (C=O) groups excluding carboxylic acids is 5. The second-order valence-electron chi connectivity index (χ2n) is 7.42. The molecule has 0 aromatic rings. The zero-order chi connectivity index (χ0) is 26.4. The SMILES string of the molecule is CC(NC(=O)C(N)CCCN=C(N)N)C(=O)NC(CC(N)=O)C(=O)NC(CCC(N)=O)C(=O)O. The number of aliphatic carboxylic acids is 1. The Morgan fingerprint density at radius 3 is 1.91 bits per heavy atom. The first-order chi connectivity index (χ1) is 15.7. The van der Waals surface area contributed by atoms with Crippen molar-refractivity contribution in [3.05, 3.63) is 0 Å². The van der Waals surface area contributed by atoms with Gasteiger partial charge in [-0.1, -0.05) is 0 Å². The maximum absolute atomic E-state index is 12.5. The maximum atomic E-state index is 12.5. The van der Waals surface area contributed by atoms with Gasteiger partial charge in [-0.25, -0.2) is 4.79 Å². The van der Waals surface area contributed by atoms with Gasteiger partial charge in [0, 0.05) is 13.0 Å². The van der Waals surface area contributed by atoms with Crippen molar-refractivity contribution >= 4 is 41.5 Å². The number of nitrogens with zero attached hydrogens (tertiary/aromatic N) is 1. The van der Waals surface area contributed by atoms with Crippen molar-refractivity contribution in [3.63, 3.8) is 0 Å². The molecule has 16 nitrogen and oxygen atoms in total. The number of aliphatic imine (C=N–C) groups is 1. The first kappa shape index (κ1) is 30.1. The van der Waals surface area contributed by atoms with Crippen LogP contribution in [0, 0.1) is 0 Å². The van der Waals surface area contributed by atoms with Gasteiger partial charge in [-0.2, -0.15) is 0 Å². The first-order valence-corrected chi connectivity index (χ1v) is 10.3. The molecule has 0 aliphatic heterocycles. The van der Waals surface area contributed by atoms with Crippen molar-refractivity contribution in [1.82, 2.24) is 16.0 Å². The minimum absolute atomic E-state index is 0.0968. The first-order valence-electron chi connectivity index (χ1n) is 10.3. The number of rotatable bonds is 16. The molecule has 0 aliphatic rings. The molecule has 0 aliphatic carbocycles. The van der Waals surface area contributed by atoms with Crippen molar-refractivity contribution in [2.75, 3.05) is 6.54 Å². The molecular formula is C18H33N9O7. The quantitative estimate of drug-likeness (QED) is 0.0567. The van der Waals surface area contributed by atoms with E-state index in [0.717, 1.165) is 0 Å². The summed E-state index contributed by atoms with van der Waals surface area (Å²) in [6.07, 6.45) is -0.634. The maximum Gasteiger partial charge on any atom is 0.326 e. The Balaban J connectivity index is 5.02. The molecule has 4 unspecified atom stereocenters. The number of amides is 5. The highest BCUT2D eigenvalue weighted by Gasteiger charge is 2.30. The smallest absolute Gasteiger partial charge is 0.326 e. The summed E-state index contributed by atoms with van der Waals surface area (Å²) in [5, 5.41) is 15.9. The van der Waals surface area contributed by atoms with E-state index in [1.807, 2.05) is 0 Å². The van der Waals surface area contributed by atoms with Crippen LogP contribution in [0.2, 0.25) is 0 Å². The molecule has 0 saturated carbocycles. The highest BCUT2D eigenvalue weighted by Crippen LogP contribution is 2.02. The largest absolute Gasteiger partial charge is 0.480 e. The molecule has 5 amide bonds. The third-order valence-electron chi connectivity index (χ3n) is 4.39. The van der Waals surface area contributed by atoms with Gasteiger partial charge in [-0.15, -0.1) is 0 Å². The van der Waals surface area contributed by atoms with Crippen LogP contribution in [-0.4, -0.2) is 77.3 Å². The van der Waals surface area contributed by atoms with Gasteiger partial charge in [-0.05, 0) is 26.2 Å². The monoisotopic (exact) mass is 487 g/mol. The predicted molar refractivity (Wildman–Crippen MR) is 119 cm³/mol. The van der Waals surface area contributed by atoms with E-state index in [-0.39, 0.29) is 31.8 Å². The fourth-order valence-corrected chi connectivity index (χ4v) is 2.56. The Hall–Kier alpha value is -3.95. The molecule has 192 valence electrons. The summed E-state index contributed by atoms with van der Waals surface area (Å²) >= 11 is 0. The van der Waals surface area contributed by atoms with Crippen LogP contribution in [0.1, 0.15) is 39.0 Å². The number of carboxylic acids is 1. The molecule has 0 heterocycles. The molecule has 0 fully saturated rings. The van der Waals surface area contributed by atoms with Gasteiger partial charge in [0.15, 0.2) is 5.96 Å². The lowest BCUT2D eigenvalue weighted by atomic mass is 10.1. The fourth-order valence-electron chi connectivity index (χ4n) is 2.56. The normalized spacial score (nSPS) is 13.9. The van der Waals surface area contributed by atoms with Crippen LogP contribution in [0.15, 0.2) is 4.99 Å². The zero-order valence-electron chi connectivity index (χ0n) is 18.8. The Labute approximate surface area is 195 Å². The summed E-state index contributed by atoms with van der Waals surface area (Å²) in [5.41, 5.74) is 26.2. The molecule has 0 saturated heterocycles. The van der Waals surface area contributed by atoms with E-state index in [4.69, 9.17) is 28.7 Å². The van der Waals surface area contributed by atoms with Crippen LogP contribution in [-0.2, 0) is 28.8 Å². The zero-order valence-corrected chi connectivity index (χ0v) is 18.8. The van der Waals surface area contributed by atoms with Crippen molar-refractivity contribution in [3.8, 4) is 0 Å². The minimum Gasteiger partial charge on any atom is -0.480 e. The summed E-state index contributed by atoms with van der Waals surface area (Å²) < 4.78 is 0.